The zero-order valence-electron chi connectivity index (χ0n) is 16.3. The number of rotatable bonds is 2. The summed E-state index contributed by atoms with van der Waals surface area (Å²) < 4.78 is 0. The molecule has 0 amide bonds. The molecule has 4 N–H and O–H groups in total. The van der Waals surface area contributed by atoms with E-state index in [1.54, 1.807) is 13.0 Å². The predicted molar refractivity (Wildman–Crippen MR) is 112 cm³/mol. The van der Waals surface area contributed by atoms with Crippen LogP contribution < -0.4 is 11.1 Å². The average molecular weight is 398 g/mol. The predicted octanol–water partition coefficient (Wildman–Crippen LogP) is 4.75. The lowest BCUT2D eigenvalue weighted by atomic mass is 9.73. The van der Waals surface area contributed by atoms with Crippen LogP contribution in [0.5, 0.6) is 0 Å². The topological polar surface area (TPSA) is 88.2 Å². The first kappa shape index (κ1) is 18.8. The van der Waals surface area contributed by atoms with Gasteiger partial charge in [-0.05, 0) is 48.8 Å². The summed E-state index contributed by atoms with van der Waals surface area (Å²) in [6.45, 7) is 6.22. The second kappa shape index (κ2) is 6.52. The highest BCUT2D eigenvalue weighted by molar-refractivity contribution is 6.31. The Kier molecular flexibility index (Phi) is 4.38. The molecule has 1 unspecified atom stereocenters. The number of carboxylic acids is 1. The van der Waals surface area contributed by atoms with Crippen LogP contribution in [-0.2, 0) is 17.6 Å². The first-order chi connectivity index (χ1) is 13.2. The molecule has 0 saturated heterocycles. The first-order valence-corrected chi connectivity index (χ1v) is 9.84. The fourth-order valence-corrected chi connectivity index (χ4v) is 4.68. The van der Waals surface area contributed by atoms with Crippen LogP contribution in [0, 0.1) is 5.41 Å². The number of carboxylic acid groups (broad SMARTS) is 1. The highest BCUT2D eigenvalue weighted by Gasteiger charge is 2.38. The van der Waals surface area contributed by atoms with Gasteiger partial charge in [-0.1, -0.05) is 43.6 Å². The normalized spacial score (nSPS) is 20.2. The van der Waals surface area contributed by atoms with E-state index in [0.717, 1.165) is 36.1 Å². The highest BCUT2D eigenvalue weighted by atomic mass is 35.5. The summed E-state index contributed by atoms with van der Waals surface area (Å²) in [5.41, 5.74) is 11.8. The summed E-state index contributed by atoms with van der Waals surface area (Å²) in [6.07, 6.45) is 2.75. The van der Waals surface area contributed by atoms with Gasteiger partial charge in [0.15, 0.2) is 0 Å². The molecule has 6 heteroatoms. The van der Waals surface area contributed by atoms with E-state index in [0.29, 0.717) is 27.8 Å². The minimum Gasteiger partial charge on any atom is -0.478 e. The lowest BCUT2D eigenvalue weighted by Crippen LogP contribution is -2.29. The lowest BCUT2D eigenvalue weighted by molar-refractivity contribution is -0.132. The molecular weight excluding hydrogens is 374 g/mol. The molecule has 2 heterocycles. The number of aliphatic carboxylic acids is 1. The molecule has 4 rings (SSSR count). The van der Waals surface area contributed by atoms with Crippen LogP contribution in [0.15, 0.2) is 35.5 Å². The van der Waals surface area contributed by atoms with Crippen molar-refractivity contribution in [1.82, 2.24) is 4.98 Å². The molecule has 1 aromatic carbocycles. The van der Waals surface area contributed by atoms with Crippen LogP contribution in [0.25, 0.3) is 0 Å². The van der Waals surface area contributed by atoms with Gasteiger partial charge in [-0.25, -0.2) is 9.78 Å². The van der Waals surface area contributed by atoms with Gasteiger partial charge in [-0.15, -0.1) is 0 Å². The summed E-state index contributed by atoms with van der Waals surface area (Å²) in [5, 5.41) is 13.7. The van der Waals surface area contributed by atoms with Gasteiger partial charge in [0.05, 0.1) is 11.5 Å². The van der Waals surface area contributed by atoms with Crippen LogP contribution in [0.1, 0.15) is 55.5 Å². The standard InChI is InChI=1S/C22H24ClN3O2/c1-11-16(21(27)28)17(12-6-4-5-7-14(12)23)18-19(24)13-10-22(2,3)9-8-15(13)26-20(18)25-11/h4-7,17H,8-10H2,1-3H3,(H,27,28)(H3,24,25,26). The molecule has 0 spiro atoms. The second-order valence-corrected chi connectivity index (χ2v) is 8.88. The van der Waals surface area contributed by atoms with Crippen molar-refractivity contribution < 1.29 is 9.90 Å². The van der Waals surface area contributed by atoms with Crippen molar-refractivity contribution in [2.45, 2.75) is 46.0 Å². The molecule has 146 valence electrons. The molecule has 1 aliphatic carbocycles. The molecular formula is C22H24ClN3O2. The van der Waals surface area contributed by atoms with Gasteiger partial charge in [0.1, 0.15) is 5.82 Å². The fraction of sp³-hybridized carbons (Fsp3) is 0.364. The van der Waals surface area contributed by atoms with Gasteiger partial charge in [0.2, 0.25) is 0 Å². The quantitative estimate of drug-likeness (QED) is 0.680. The Hall–Kier alpha value is -2.53. The van der Waals surface area contributed by atoms with Gasteiger partial charge in [0.25, 0.3) is 0 Å². The minimum absolute atomic E-state index is 0.139. The van der Waals surface area contributed by atoms with Crippen molar-refractivity contribution >= 4 is 29.1 Å². The van der Waals surface area contributed by atoms with Crippen LogP contribution in [0.3, 0.4) is 0 Å². The van der Waals surface area contributed by atoms with Crippen LogP contribution in [-0.4, -0.2) is 16.1 Å². The summed E-state index contributed by atoms with van der Waals surface area (Å²) in [5.74, 6) is -0.910. The molecule has 0 radical (unpaired) electrons. The number of aryl methyl sites for hydroxylation is 1. The van der Waals surface area contributed by atoms with E-state index in [-0.39, 0.29) is 11.0 Å². The van der Waals surface area contributed by atoms with Gasteiger partial charge in [-0.2, -0.15) is 0 Å². The fourth-order valence-electron chi connectivity index (χ4n) is 4.43. The van der Waals surface area contributed by atoms with Gasteiger partial charge in [0, 0.05) is 27.7 Å². The second-order valence-electron chi connectivity index (χ2n) is 8.48. The van der Waals surface area contributed by atoms with Gasteiger partial charge < -0.3 is 16.2 Å². The van der Waals surface area contributed by atoms with E-state index in [1.165, 1.54) is 0 Å². The number of nitrogen functional groups attached to an aromatic ring is 1. The average Bonchev–Trinajstić information content (AvgIpc) is 2.61. The lowest BCUT2D eigenvalue weighted by Gasteiger charge is -2.36. The van der Waals surface area contributed by atoms with Gasteiger partial charge >= 0.3 is 5.97 Å². The SMILES string of the molecule is CC1=C(C(=O)O)C(c2ccccc2Cl)c2c(nc3c(c2N)CC(C)(C)CC3)N1. The third-order valence-corrected chi connectivity index (χ3v) is 6.24. The molecule has 1 aromatic heterocycles. The third-order valence-electron chi connectivity index (χ3n) is 5.89. The number of allylic oxidation sites excluding steroid dienone is 1. The number of halogens is 1. The number of hydrogen-bond donors (Lipinski definition) is 3. The Morgan fingerprint density at radius 2 is 2.07 bits per heavy atom. The van der Waals surface area contributed by atoms with Crippen molar-refractivity contribution in [2.24, 2.45) is 5.41 Å². The van der Waals surface area contributed by atoms with Gasteiger partial charge in [-0.3, -0.25) is 0 Å². The number of pyridine rings is 1. The maximum absolute atomic E-state index is 12.2. The zero-order chi connectivity index (χ0) is 20.2. The van der Waals surface area contributed by atoms with Crippen molar-refractivity contribution in [3.63, 3.8) is 0 Å². The first-order valence-electron chi connectivity index (χ1n) is 9.46. The number of fused-ring (bicyclic) bond motifs is 2. The smallest absolute Gasteiger partial charge is 0.334 e. The summed E-state index contributed by atoms with van der Waals surface area (Å²) in [4.78, 5) is 17.0. The van der Waals surface area contributed by atoms with Crippen molar-refractivity contribution in [2.75, 3.05) is 11.1 Å². The highest BCUT2D eigenvalue weighted by Crippen LogP contribution is 2.49. The molecule has 0 fully saturated rings. The summed E-state index contributed by atoms with van der Waals surface area (Å²) in [6, 6.07) is 7.34. The van der Waals surface area contributed by atoms with E-state index in [1.807, 2.05) is 18.2 Å². The van der Waals surface area contributed by atoms with Crippen LogP contribution >= 0.6 is 11.6 Å². The van der Waals surface area contributed by atoms with E-state index in [4.69, 9.17) is 22.3 Å². The maximum Gasteiger partial charge on any atom is 0.334 e. The molecule has 1 atom stereocenters. The summed E-state index contributed by atoms with van der Waals surface area (Å²) in [7, 11) is 0. The number of nitrogens with two attached hydrogens (primary N) is 1. The summed E-state index contributed by atoms with van der Waals surface area (Å²) >= 11 is 6.49. The molecule has 2 aromatic rings. The Morgan fingerprint density at radius 1 is 1.36 bits per heavy atom. The van der Waals surface area contributed by atoms with E-state index < -0.39 is 11.9 Å². The van der Waals surface area contributed by atoms with E-state index in [9.17, 15) is 9.90 Å². The monoisotopic (exact) mass is 397 g/mol. The number of benzene rings is 1. The molecule has 2 aliphatic rings. The Bertz CT molecular complexity index is 1030. The van der Waals surface area contributed by atoms with Crippen molar-refractivity contribution in [3.05, 3.63) is 62.9 Å². The van der Waals surface area contributed by atoms with E-state index in [2.05, 4.69) is 19.2 Å². The molecule has 0 bridgehead atoms. The molecule has 5 nitrogen and oxygen atoms in total. The number of carbonyl (C=O) groups is 1. The van der Waals surface area contributed by atoms with Crippen LogP contribution in [0.4, 0.5) is 11.5 Å². The molecule has 0 saturated carbocycles. The third kappa shape index (κ3) is 2.94. The maximum atomic E-state index is 12.2. The van der Waals surface area contributed by atoms with E-state index >= 15 is 0 Å². The molecule has 1 aliphatic heterocycles. The van der Waals surface area contributed by atoms with Crippen LogP contribution in [0.2, 0.25) is 5.02 Å². The number of nitrogens with one attached hydrogen (secondary N) is 1. The molecule has 28 heavy (non-hydrogen) atoms. The number of anilines is 2. The largest absolute Gasteiger partial charge is 0.478 e. The number of nitrogens with zero attached hydrogens (tertiary/aromatic N) is 1. The number of aromatic nitrogens is 1. The Labute approximate surface area is 169 Å². The number of hydrogen-bond acceptors (Lipinski definition) is 4. The Balaban J connectivity index is 2.00. The zero-order valence-corrected chi connectivity index (χ0v) is 17.0. The van der Waals surface area contributed by atoms with Crippen molar-refractivity contribution in [3.8, 4) is 0 Å². The van der Waals surface area contributed by atoms with Crippen molar-refractivity contribution in [1.29, 1.82) is 0 Å². The minimum atomic E-state index is -0.988. The Morgan fingerprint density at radius 3 is 2.75 bits per heavy atom.